The Hall–Kier alpha value is -3.35. The van der Waals surface area contributed by atoms with Gasteiger partial charge >= 0.3 is 6.03 Å². The third-order valence-corrected chi connectivity index (χ3v) is 5.18. The zero-order chi connectivity index (χ0) is 22.2. The molecular weight excluding hydrogens is 392 g/mol. The molecule has 0 heterocycles. The minimum absolute atomic E-state index is 0.0187. The van der Waals surface area contributed by atoms with Crippen molar-refractivity contribution in [2.24, 2.45) is 5.92 Å². The molecule has 0 spiro atoms. The number of nitrogens with one attached hydrogen (secondary N) is 4. The summed E-state index contributed by atoms with van der Waals surface area (Å²) in [5.74, 6) is -0.0651. The summed E-state index contributed by atoms with van der Waals surface area (Å²) in [6, 6.07) is 14.0. The van der Waals surface area contributed by atoms with Gasteiger partial charge in [-0.15, -0.1) is 0 Å². The molecule has 0 unspecified atom stereocenters. The van der Waals surface area contributed by atoms with Gasteiger partial charge in [-0.2, -0.15) is 0 Å². The van der Waals surface area contributed by atoms with Crippen molar-refractivity contribution in [1.82, 2.24) is 10.6 Å². The second kappa shape index (κ2) is 10.6. The Balaban J connectivity index is 1.55. The lowest BCUT2D eigenvalue weighted by Crippen LogP contribution is -2.34. The number of carbonyl (C=O) groups is 3. The Morgan fingerprint density at radius 1 is 0.935 bits per heavy atom. The zero-order valence-electron chi connectivity index (χ0n) is 18.0. The highest BCUT2D eigenvalue weighted by molar-refractivity contribution is 5.97. The minimum Gasteiger partial charge on any atom is -0.348 e. The van der Waals surface area contributed by atoms with Crippen LogP contribution in [-0.2, 0) is 11.3 Å². The van der Waals surface area contributed by atoms with Crippen LogP contribution < -0.4 is 21.3 Å². The first-order valence-corrected chi connectivity index (χ1v) is 10.8. The monoisotopic (exact) mass is 422 g/mol. The number of anilines is 2. The van der Waals surface area contributed by atoms with E-state index < -0.39 is 0 Å². The van der Waals surface area contributed by atoms with Crippen molar-refractivity contribution >= 4 is 29.2 Å². The fourth-order valence-corrected chi connectivity index (χ4v) is 3.64. The van der Waals surface area contributed by atoms with Crippen molar-refractivity contribution < 1.29 is 14.4 Å². The van der Waals surface area contributed by atoms with Gasteiger partial charge in [0.05, 0.1) is 0 Å². The van der Waals surface area contributed by atoms with Gasteiger partial charge in [0, 0.05) is 35.4 Å². The van der Waals surface area contributed by atoms with Crippen LogP contribution in [0.1, 0.15) is 55.5 Å². The molecule has 4 amide bonds. The van der Waals surface area contributed by atoms with Crippen molar-refractivity contribution in [3.63, 3.8) is 0 Å². The van der Waals surface area contributed by atoms with Crippen LogP contribution in [0.2, 0.25) is 0 Å². The van der Waals surface area contributed by atoms with Crippen molar-refractivity contribution in [3.8, 4) is 0 Å². The molecule has 2 aromatic rings. The predicted molar refractivity (Wildman–Crippen MR) is 122 cm³/mol. The summed E-state index contributed by atoms with van der Waals surface area (Å²) in [4.78, 5) is 36.7. The highest BCUT2D eigenvalue weighted by Gasteiger charge is 2.22. The molecule has 7 heteroatoms. The third kappa shape index (κ3) is 6.84. The van der Waals surface area contributed by atoms with Crippen molar-refractivity contribution in [2.45, 2.75) is 52.1 Å². The molecule has 0 aromatic heterocycles. The van der Waals surface area contributed by atoms with Gasteiger partial charge in [-0.1, -0.05) is 31.0 Å². The maximum Gasteiger partial charge on any atom is 0.319 e. The third-order valence-electron chi connectivity index (χ3n) is 5.18. The second-order valence-corrected chi connectivity index (χ2v) is 8.19. The summed E-state index contributed by atoms with van der Waals surface area (Å²) < 4.78 is 0. The summed E-state index contributed by atoms with van der Waals surface area (Å²) in [6.45, 7) is 4.08. The molecule has 164 valence electrons. The van der Waals surface area contributed by atoms with Gasteiger partial charge in [0.1, 0.15) is 0 Å². The maximum atomic E-state index is 12.6. The van der Waals surface area contributed by atoms with Gasteiger partial charge in [-0.3, -0.25) is 9.59 Å². The molecule has 1 aliphatic rings. The first kappa shape index (κ1) is 22.3. The van der Waals surface area contributed by atoms with Crippen molar-refractivity contribution in [1.29, 1.82) is 0 Å². The first-order chi connectivity index (χ1) is 14.9. The number of benzene rings is 2. The summed E-state index contributed by atoms with van der Waals surface area (Å²) in [5, 5.41) is 11.3. The summed E-state index contributed by atoms with van der Waals surface area (Å²) in [7, 11) is 0. The van der Waals surface area contributed by atoms with E-state index in [0.29, 0.717) is 17.8 Å². The van der Waals surface area contributed by atoms with E-state index >= 15 is 0 Å². The van der Waals surface area contributed by atoms with Crippen molar-refractivity contribution in [3.05, 3.63) is 59.7 Å². The molecular formula is C24H30N4O3. The van der Waals surface area contributed by atoms with E-state index in [-0.39, 0.29) is 29.8 Å². The van der Waals surface area contributed by atoms with Crippen LogP contribution in [-0.4, -0.2) is 23.9 Å². The number of urea groups is 1. The first-order valence-electron chi connectivity index (χ1n) is 10.8. The molecule has 7 nitrogen and oxygen atoms in total. The molecule has 4 N–H and O–H groups in total. The van der Waals surface area contributed by atoms with Gasteiger partial charge in [0.2, 0.25) is 5.91 Å². The Labute approximate surface area is 183 Å². The lowest BCUT2D eigenvalue weighted by atomic mass is 10.1. The molecule has 0 aliphatic heterocycles. The minimum atomic E-state index is -0.316. The Kier molecular flexibility index (Phi) is 7.65. The SMILES string of the molecule is CC(C)NC(=O)Nc1cccc(C(=O)NCc2cccc(NC(=O)C3CCCC3)c2)c1. The average molecular weight is 423 g/mol. The number of carbonyl (C=O) groups excluding carboxylic acids is 3. The zero-order valence-corrected chi connectivity index (χ0v) is 18.0. The van der Waals surface area contributed by atoms with Crippen LogP contribution >= 0.6 is 0 Å². The smallest absolute Gasteiger partial charge is 0.319 e. The van der Waals surface area contributed by atoms with Gasteiger partial charge < -0.3 is 21.3 Å². The summed E-state index contributed by atoms with van der Waals surface area (Å²) >= 11 is 0. The number of hydrogen-bond donors (Lipinski definition) is 4. The Bertz CT molecular complexity index is 936. The van der Waals surface area contributed by atoms with E-state index in [9.17, 15) is 14.4 Å². The molecule has 31 heavy (non-hydrogen) atoms. The number of hydrogen-bond acceptors (Lipinski definition) is 3. The molecule has 0 radical (unpaired) electrons. The molecule has 0 bridgehead atoms. The molecule has 3 rings (SSSR count). The topological polar surface area (TPSA) is 99.3 Å². The van der Waals surface area contributed by atoms with Gasteiger partial charge in [-0.05, 0) is 62.6 Å². The fourth-order valence-electron chi connectivity index (χ4n) is 3.64. The van der Waals surface area contributed by atoms with E-state index in [4.69, 9.17) is 0 Å². The average Bonchev–Trinajstić information content (AvgIpc) is 3.27. The normalized spacial score (nSPS) is 13.6. The van der Waals surface area contributed by atoms with Crippen LogP contribution in [0.25, 0.3) is 0 Å². The van der Waals surface area contributed by atoms with Gasteiger partial charge in [-0.25, -0.2) is 4.79 Å². The molecule has 1 aliphatic carbocycles. The largest absolute Gasteiger partial charge is 0.348 e. The molecule has 0 atom stereocenters. The lowest BCUT2D eigenvalue weighted by molar-refractivity contribution is -0.119. The van der Waals surface area contributed by atoms with E-state index in [1.54, 1.807) is 24.3 Å². The predicted octanol–water partition coefficient (Wildman–Crippen LogP) is 4.28. The summed E-state index contributed by atoms with van der Waals surface area (Å²) in [5.41, 5.74) is 2.63. The number of amides is 4. The maximum absolute atomic E-state index is 12.6. The second-order valence-electron chi connectivity index (χ2n) is 8.19. The highest BCUT2D eigenvalue weighted by atomic mass is 16.2. The molecule has 0 saturated heterocycles. The summed E-state index contributed by atoms with van der Waals surface area (Å²) in [6.07, 6.45) is 4.13. The van der Waals surface area contributed by atoms with E-state index in [0.717, 1.165) is 36.9 Å². The Morgan fingerprint density at radius 2 is 1.61 bits per heavy atom. The van der Waals surface area contributed by atoms with Crippen LogP contribution in [0, 0.1) is 5.92 Å². The molecule has 1 fully saturated rings. The van der Waals surface area contributed by atoms with Crippen LogP contribution in [0.5, 0.6) is 0 Å². The van der Waals surface area contributed by atoms with Crippen LogP contribution in [0.15, 0.2) is 48.5 Å². The standard InChI is InChI=1S/C24H30N4O3/c1-16(2)26-24(31)28-21-12-6-10-19(14-21)22(29)25-15-17-7-5-11-20(13-17)27-23(30)18-8-3-4-9-18/h5-7,10-14,16,18H,3-4,8-9,15H2,1-2H3,(H,25,29)(H,27,30)(H2,26,28,31). The highest BCUT2D eigenvalue weighted by Crippen LogP contribution is 2.26. The fraction of sp³-hybridized carbons (Fsp3) is 0.375. The Morgan fingerprint density at radius 3 is 2.32 bits per heavy atom. The quantitative estimate of drug-likeness (QED) is 0.536. The van der Waals surface area contributed by atoms with E-state index in [1.165, 1.54) is 0 Å². The molecule has 1 saturated carbocycles. The van der Waals surface area contributed by atoms with Gasteiger partial charge in [0.15, 0.2) is 0 Å². The van der Waals surface area contributed by atoms with Crippen LogP contribution in [0.3, 0.4) is 0 Å². The van der Waals surface area contributed by atoms with Gasteiger partial charge in [0.25, 0.3) is 5.91 Å². The van der Waals surface area contributed by atoms with E-state index in [2.05, 4.69) is 21.3 Å². The number of rotatable bonds is 7. The molecule has 2 aromatic carbocycles. The van der Waals surface area contributed by atoms with Crippen LogP contribution in [0.4, 0.5) is 16.2 Å². The van der Waals surface area contributed by atoms with E-state index in [1.807, 2.05) is 38.1 Å². The lowest BCUT2D eigenvalue weighted by Gasteiger charge is -2.12. The van der Waals surface area contributed by atoms with Crippen molar-refractivity contribution in [2.75, 3.05) is 10.6 Å².